The Bertz CT molecular complexity index is 1090. The number of carbonyl (C=O) groups excluding carboxylic acids is 1. The Morgan fingerprint density at radius 2 is 2.10 bits per heavy atom. The standard InChI is InChI=1S/C21H22F2N4O3/c1-30-20-6-11(2-4-14(20)22)3-5-16-13-8-18(15(23)9-17(13)27-26-16)25-21(29)19-7-12(28)10-24-19/h2,4,6,8-9,12,19,24,28H,3,5,7,10H2,1H3,(H,25,29)(H,26,27)/t12-,19+/m1/s1. The lowest BCUT2D eigenvalue weighted by molar-refractivity contribution is -0.118. The lowest BCUT2D eigenvalue weighted by Gasteiger charge is -2.12. The molecule has 1 fully saturated rings. The lowest BCUT2D eigenvalue weighted by atomic mass is 10.0. The number of H-pyrrole nitrogens is 1. The highest BCUT2D eigenvalue weighted by molar-refractivity contribution is 5.97. The van der Waals surface area contributed by atoms with E-state index in [2.05, 4.69) is 20.8 Å². The molecule has 0 spiro atoms. The Kier molecular flexibility index (Phi) is 5.65. The molecule has 0 unspecified atom stereocenters. The number of methoxy groups -OCH3 is 1. The molecule has 1 saturated heterocycles. The first-order valence-electron chi connectivity index (χ1n) is 9.66. The van der Waals surface area contributed by atoms with Gasteiger partial charge in [-0.15, -0.1) is 0 Å². The number of hydrogen-bond donors (Lipinski definition) is 4. The first-order chi connectivity index (χ1) is 14.4. The van der Waals surface area contributed by atoms with E-state index in [1.807, 2.05) is 0 Å². The number of benzene rings is 2. The van der Waals surface area contributed by atoms with E-state index in [4.69, 9.17) is 4.74 Å². The molecule has 0 saturated carbocycles. The quantitative estimate of drug-likeness (QED) is 0.494. The third-order valence-corrected chi connectivity index (χ3v) is 5.28. The van der Waals surface area contributed by atoms with Crippen molar-refractivity contribution in [2.75, 3.05) is 19.0 Å². The monoisotopic (exact) mass is 416 g/mol. The summed E-state index contributed by atoms with van der Waals surface area (Å²) in [5.41, 5.74) is 2.17. The number of ether oxygens (including phenoxy) is 1. The lowest BCUT2D eigenvalue weighted by Crippen LogP contribution is -2.35. The molecule has 4 rings (SSSR count). The largest absolute Gasteiger partial charge is 0.494 e. The third-order valence-electron chi connectivity index (χ3n) is 5.28. The zero-order valence-corrected chi connectivity index (χ0v) is 16.3. The van der Waals surface area contributed by atoms with E-state index >= 15 is 0 Å². The van der Waals surface area contributed by atoms with Crippen LogP contribution in [0.25, 0.3) is 10.9 Å². The first-order valence-corrected chi connectivity index (χ1v) is 9.66. The van der Waals surface area contributed by atoms with Crippen molar-refractivity contribution in [2.45, 2.75) is 31.4 Å². The third kappa shape index (κ3) is 4.12. The highest BCUT2D eigenvalue weighted by Gasteiger charge is 2.28. The van der Waals surface area contributed by atoms with E-state index in [9.17, 15) is 18.7 Å². The second kappa shape index (κ2) is 8.37. The van der Waals surface area contributed by atoms with Gasteiger partial charge in [0, 0.05) is 23.7 Å². The number of β-amino-alcohol motifs (C(OH)–C–C–N with tert-alkyl or cyclic N) is 1. The second-order valence-corrected chi connectivity index (χ2v) is 7.36. The van der Waals surface area contributed by atoms with Crippen LogP contribution in [0.2, 0.25) is 0 Å². The van der Waals surface area contributed by atoms with Gasteiger partial charge in [0.2, 0.25) is 5.91 Å². The van der Waals surface area contributed by atoms with Crippen molar-refractivity contribution >= 4 is 22.5 Å². The summed E-state index contributed by atoms with van der Waals surface area (Å²) < 4.78 is 33.0. The van der Waals surface area contributed by atoms with Crippen LogP contribution in [-0.2, 0) is 17.6 Å². The zero-order valence-electron chi connectivity index (χ0n) is 16.3. The number of rotatable bonds is 6. The maximum Gasteiger partial charge on any atom is 0.241 e. The van der Waals surface area contributed by atoms with Gasteiger partial charge in [-0.3, -0.25) is 9.89 Å². The van der Waals surface area contributed by atoms with E-state index in [0.717, 1.165) is 11.3 Å². The molecule has 1 aromatic heterocycles. The topological polar surface area (TPSA) is 99.3 Å². The number of carbonyl (C=O) groups is 1. The summed E-state index contributed by atoms with van der Waals surface area (Å²) in [6, 6.07) is 6.94. The smallest absolute Gasteiger partial charge is 0.241 e. The average molecular weight is 416 g/mol. The average Bonchev–Trinajstić information content (AvgIpc) is 3.33. The van der Waals surface area contributed by atoms with Crippen molar-refractivity contribution < 1.29 is 23.4 Å². The van der Waals surface area contributed by atoms with Crippen molar-refractivity contribution in [1.29, 1.82) is 0 Å². The molecule has 0 bridgehead atoms. The maximum atomic E-state index is 14.4. The molecular weight excluding hydrogens is 394 g/mol. The number of aryl methyl sites for hydroxylation is 2. The van der Waals surface area contributed by atoms with Gasteiger partial charge in [0.25, 0.3) is 0 Å². The van der Waals surface area contributed by atoms with Crippen molar-refractivity contribution in [3.8, 4) is 5.75 Å². The molecule has 2 aromatic carbocycles. The minimum absolute atomic E-state index is 0.0572. The number of aliphatic hydroxyl groups excluding tert-OH is 1. The summed E-state index contributed by atoms with van der Waals surface area (Å²) in [7, 11) is 1.41. The minimum atomic E-state index is -0.587. The van der Waals surface area contributed by atoms with Gasteiger partial charge in [0.05, 0.1) is 30.5 Å². The van der Waals surface area contributed by atoms with Crippen molar-refractivity contribution in [1.82, 2.24) is 15.5 Å². The van der Waals surface area contributed by atoms with Crippen molar-refractivity contribution in [3.63, 3.8) is 0 Å². The number of halogens is 2. The number of aromatic nitrogens is 2. The number of fused-ring (bicyclic) bond motifs is 1. The van der Waals surface area contributed by atoms with Gasteiger partial charge in [-0.05, 0) is 43.0 Å². The molecule has 1 amide bonds. The van der Waals surface area contributed by atoms with Gasteiger partial charge in [0.15, 0.2) is 11.6 Å². The molecule has 2 atom stereocenters. The zero-order chi connectivity index (χ0) is 21.3. The van der Waals surface area contributed by atoms with Gasteiger partial charge >= 0.3 is 0 Å². The summed E-state index contributed by atoms with van der Waals surface area (Å²) in [6.07, 6.45) is 0.851. The normalized spacial score (nSPS) is 18.7. The van der Waals surface area contributed by atoms with Gasteiger partial charge in [-0.1, -0.05) is 6.07 Å². The Morgan fingerprint density at radius 3 is 2.83 bits per heavy atom. The first kappa shape index (κ1) is 20.2. The van der Waals surface area contributed by atoms with Crippen LogP contribution in [0, 0.1) is 11.6 Å². The molecule has 0 radical (unpaired) electrons. The fourth-order valence-electron chi connectivity index (χ4n) is 3.64. The van der Waals surface area contributed by atoms with Crippen LogP contribution >= 0.6 is 0 Å². The van der Waals surface area contributed by atoms with Gasteiger partial charge < -0.3 is 20.5 Å². The molecule has 158 valence electrons. The predicted molar refractivity (Wildman–Crippen MR) is 107 cm³/mol. The van der Waals surface area contributed by atoms with E-state index < -0.39 is 29.7 Å². The van der Waals surface area contributed by atoms with Crippen LogP contribution in [0.4, 0.5) is 14.5 Å². The minimum Gasteiger partial charge on any atom is -0.494 e. The van der Waals surface area contributed by atoms with Crippen LogP contribution in [0.1, 0.15) is 17.7 Å². The summed E-state index contributed by atoms with van der Waals surface area (Å²) >= 11 is 0. The Labute approximate surface area is 171 Å². The summed E-state index contributed by atoms with van der Waals surface area (Å²) in [5.74, 6) is -1.22. The molecule has 2 heterocycles. The number of aliphatic hydroxyl groups is 1. The van der Waals surface area contributed by atoms with Crippen LogP contribution in [0.5, 0.6) is 5.75 Å². The Hall–Kier alpha value is -3.04. The molecule has 4 N–H and O–H groups in total. The van der Waals surface area contributed by atoms with Gasteiger partial charge in [-0.2, -0.15) is 5.10 Å². The predicted octanol–water partition coefficient (Wildman–Crippen LogP) is 2.30. The Balaban J connectivity index is 1.52. The maximum absolute atomic E-state index is 14.4. The number of hydrogen-bond acceptors (Lipinski definition) is 5. The van der Waals surface area contributed by atoms with E-state index in [-0.39, 0.29) is 17.9 Å². The van der Waals surface area contributed by atoms with E-state index in [0.29, 0.717) is 30.3 Å². The van der Waals surface area contributed by atoms with Crippen molar-refractivity contribution in [2.24, 2.45) is 0 Å². The van der Waals surface area contributed by atoms with E-state index in [1.165, 1.54) is 19.2 Å². The molecule has 3 aromatic rings. The second-order valence-electron chi connectivity index (χ2n) is 7.36. The number of nitrogens with one attached hydrogen (secondary N) is 3. The Morgan fingerprint density at radius 1 is 1.27 bits per heavy atom. The van der Waals surface area contributed by atoms with Crippen molar-refractivity contribution in [3.05, 3.63) is 53.2 Å². The summed E-state index contributed by atoms with van der Waals surface area (Å²) in [6.45, 7) is 0.333. The number of aromatic amines is 1. The van der Waals surface area contributed by atoms with Gasteiger partial charge in [0.1, 0.15) is 5.82 Å². The SMILES string of the molecule is COc1cc(CCc2[nH]nc3cc(F)c(NC(=O)[C@@H]4C[C@@H](O)CN4)cc23)ccc1F. The van der Waals surface area contributed by atoms with Gasteiger partial charge in [-0.25, -0.2) is 8.78 Å². The molecule has 1 aliphatic rings. The van der Waals surface area contributed by atoms with Crippen LogP contribution in [0.3, 0.4) is 0 Å². The molecule has 9 heteroatoms. The fraction of sp³-hybridized carbons (Fsp3) is 0.333. The fourth-order valence-corrected chi connectivity index (χ4v) is 3.64. The number of amides is 1. The highest BCUT2D eigenvalue weighted by atomic mass is 19.1. The number of nitrogens with zero attached hydrogens (tertiary/aromatic N) is 1. The van der Waals surface area contributed by atoms with Crippen LogP contribution < -0.4 is 15.4 Å². The molecule has 30 heavy (non-hydrogen) atoms. The van der Waals surface area contributed by atoms with E-state index in [1.54, 1.807) is 18.2 Å². The highest BCUT2D eigenvalue weighted by Crippen LogP contribution is 2.26. The summed E-state index contributed by atoms with van der Waals surface area (Å²) in [4.78, 5) is 12.4. The molecular formula is C21H22F2N4O3. The summed E-state index contributed by atoms with van der Waals surface area (Å²) in [5, 5.41) is 22.8. The van der Waals surface area contributed by atoms with Crippen LogP contribution in [0.15, 0.2) is 30.3 Å². The molecule has 0 aliphatic carbocycles. The van der Waals surface area contributed by atoms with Crippen LogP contribution in [-0.4, -0.2) is 47.0 Å². The number of anilines is 1. The molecule has 1 aliphatic heterocycles. The molecule has 7 nitrogen and oxygen atoms in total.